The highest BCUT2D eigenvalue weighted by molar-refractivity contribution is 5.39. The topological polar surface area (TPSA) is 33.0 Å². The van der Waals surface area contributed by atoms with Crippen LogP contribution in [0.25, 0.3) is 0 Å². The lowest BCUT2D eigenvalue weighted by molar-refractivity contribution is 0.264. The maximum atomic E-state index is 9.13. The van der Waals surface area contributed by atoms with Crippen LogP contribution in [-0.4, -0.2) is 7.11 Å². The van der Waals surface area contributed by atoms with Crippen LogP contribution in [0.2, 0.25) is 0 Å². The lowest BCUT2D eigenvalue weighted by atomic mass is 9.83. The van der Waals surface area contributed by atoms with E-state index in [0.717, 1.165) is 17.8 Å². The highest BCUT2D eigenvalue weighted by Gasteiger charge is 2.51. The monoisotopic (exact) mass is 187 g/mol. The Labute approximate surface area is 83.9 Å². The standard InChI is InChI=1S/C12H13NO/c1-14-11-5-9-7-2-3-8(4-7)12(9)10(11)6-13/h2-3,7-9,12H,4-5H2,1H3. The number of methoxy groups -OCH3 is 1. The summed E-state index contributed by atoms with van der Waals surface area (Å²) in [6.07, 6.45) is 6.87. The van der Waals surface area contributed by atoms with Crippen LogP contribution in [0.4, 0.5) is 0 Å². The summed E-state index contributed by atoms with van der Waals surface area (Å²) in [5, 5.41) is 9.13. The van der Waals surface area contributed by atoms with Gasteiger partial charge in [-0.15, -0.1) is 0 Å². The first-order chi connectivity index (χ1) is 6.85. The molecule has 1 saturated carbocycles. The summed E-state index contributed by atoms with van der Waals surface area (Å²) in [5.41, 5.74) is 0.925. The molecular weight excluding hydrogens is 174 g/mol. The van der Waals surface area contributed by atoms with Gasteiger partial charge in [-0.25, -0.2) is 0 Å². The summed E-state index contributed by atoms with van der Waals surface area (Å²) < 4.78 is 5.30. The van der Waals surface area contributed by atoms with E-state index in [-0.39, 0.29) is 0 Å². The van der Waals surface area contributed by atoms with Crippen LogP contribution in [0.1, 0.15) is 12.8 Å². The third-order valence-electron chi connectivity index (χ3n) is 4.04. The molecule has 0 spiro atoms. The Balaban J connectivity index is 2.01. The van der Waals surface area contributed by atoms with E-state index in [1.54, 1.807) is 7.11 Å². The molecule has 3 aliphatic carbocycles. The molecule has 14 heavy (non-hydrogen) atoms. The molecule has 0 saturated heterocycles. The van der Waals surface area contributed by atoms with Crippen LogP contribution in [0.5, 0.6) is 0 Å². The minimum absolute atomic E-state index is 0.477. The second kappa shape index (κ2) is 2.63. The molecule has 0 N–H and O–H groups in total. The van der Waals surface area contributed by atoms with Gasteiger partial charge in [-0.05, 0) is 24.2 Å². The second-order valence-electron chi connectivity index (χ2n) is 4.49. The predicted molar refractivity (Wildman–Crippen MR) is 52.0 cm³/mol. The molecule has 3 rings (SSSR count). The summed E-state index contributed by atoms with van der Waals surface area (Å²) in [6.45, 7) is 0. The molecule has 0 heterocycles. The molecule has 0 aromatic heterocycles. The first kappa shape index (κ1) is 8.11. The van der Waals surface area contributed by atoms with Gasteiger partial charge in [0.1, 0.15) is 5.76 Å². The van der Waals surface area contributed by atoms with Gasteiger partial charge in [-0.1, -0.05) is 12.2 Å². The number of nitriles is 1. The molecule has 0 amide bonds. The van der Waals surface area contributed by atoms with E-state index in [9.17, 15) is 0 Å². The lowest BCUT2D eigenvalue weighted by Crippen LogP contribution is -2.15. The number of ether oxygens (including phenoxy) is 1. The van der Waals surface area contributed by atoms with Gasteiger partial charge >= 0.3 is 0 Å². The molecule has 4 unspecified atom stereocenters. The smallest absolute Gasteiger partial charge is 0.110 e. The SMILES string of the molecule is COC1=C(C#N)C2C3C=CC(C3)C2C1. The van der Waals surface area contributed by atoms with E-state index in [2.05, 4.69) is 18.2 Å². The number of hydrogen-bond acceptors (Lipinski definition) is 2. The second-order valence-corrected chi connectivity index (χ2v) is 4.49. The van der Waals surface area contributed by atoms with Crippen molar-refractivity contribution < 1.29 is 4.74 Å². The fourth-order valence-corrected chi connectivity index (χ4v) is 3.47. The third kappa shape index (κ3) is 0.803. The maximum absolute atomic E-state index is 9.13. The van der Waals surface area contributed by atoms with Crippen molar-refractivity contribution in [2.24, 2.45) is 23.7 Å². The first-order valence-electron chi connectivity index (χ1n) is 5.20. The average Bonchev–Trinajstić information content (AvgIpc) is 2.87. The van der Waals surface area contributed by atoms with Crippen LogP contribution in [0.3, 0.4) is 0 Å². The van der Waals surface area contributed by atoms with E-state index in [0.29, 0.717) is 23.7 Å². The van der Waals surface area contributed by atoms with E-state index < -0.39 is 0 Å². The minimum Gasteiger partial charge on any atom is -0.500 e. The van der Waals surface area contributed by atoms with Gasteiger partial charge in [0.25, 0.3) is 0 Å². The molecule has 4 atom stereocenters. The third-order valence-corrected chi connectivity index (χ3v) is 4.04. The molecule has 3 aliphatic rings. The number of rotatable bonds is 1. The fourth-order valence-electron chi connectivity index (χ4n) is 3.47. The molecular formula is C12H13NO. The largest absolute Gasteiger partial charge is 0.500 e. The van der Waals surface area contributed by atoms with Gasteiger partial charge in [-0.2, -0.15) is 5.26 Å². The number of hydrogen-bond donors (Lipinski definition) is 0. The molecule has 2 bridgehead atoms. The summed E-state index contributed by atoms with van der Waals surface area (Å²) in [4.78, 5) is 0. The lowest BCUT2D eigenvalue weighted by Gasteiger charge is -2.19. The summed E-state index contributed by atoms with van der Waals surface area (Å²) in [5.74, 6) is 3.41. The Hall–Kier alpha value is -1.23. The van der Waals surface area contributed by atoms with Crippen molar-refractivity contribution >= 4 is 0 Å². The van der Waals surface area contributed by atoms with E-state index in [1.165, 1.54) is 6.42 Å². The van der Waals surface area contributed by atoms with E-state index in [1.807, 2.05) is 0 Å². The van der Waals surface area contributed by atoms with Crippen LogP contribution in [0, 0.1) is 35.0 Å². The number of nitrogens with zero attached hydrogens (tertiary/aromatic N) is 1. The number of fused-ring (bicyclic) bond motifs is 5. The summed E-state index contributed by atoms with van der Waals surface area (Å²) >= 11 is 0. The van der Waals surface area contributed by atoms with E-state index >= 15 is 0 Å². The zero-order chi connectivity index (χ0) is 9.71. The highest BCUT2D eigenvalue weighted by Crippen LogP contribution is 2.57. The maximum Gasteiger partial charge on any atom is 0.110 e. The van der Waals surface area contributed by atoms with Gasteiger partial charge in [0.05, 0.1) is 18.8 Å². The van der Waals surface area contributed by atoms with Crippen molar-refractivity contribution in [3.63, 3.8) is 0 Å². The molecule has 2 heteroatoms. The van der Waals surface area contributed by atoms with Gasteiger partial charge in [0, 0.05) is 12.3 Å². The van der Waals surface area contributed by atoms with Crippen molar-refractivity contribution in [2.75, 3.05) is 7.11 Å². The first-order valence-corrected chi connectivity index (χ1v) is 5.20. The Morgan fingerprint density at radius 1 is 1.43 bits per heavy atom. The Morgan fingerprint density at radius 3 is 2.93 bits per heavy atom. The van der Waals surface area contributed by atoms with Crippen LogP contribution in [0.15, 0.2) is 23.5 Å². The molecule has 0 aliphatic heterocycles. The average molecular weight is 187 g/mol. The van der Waals surface area contributed by atoms with Crippen molar-refractivity contribution in [3.05, 3.63) is 23.5 Å². The quantitative estimate of drug-likeness (QED) is 0.590. The van der Waals surface area contributed by atoms with Gasteiger partial charge in [0.2, 0.25) is 0 Å². The van der Waals surface area contributed by atoms with Crippen LogP contribution < -0.4 is 0 Å². The van der Waals surface area contributed by atoms with Gasteiger partial charge in [0.15, 0.2) is 0 Å². The highest BCUT2D eigenvalue weighted by atomic mass is 16.5. The minimum atomic E-state index is 0.477. The molecule has 0 radical (unpaired) electrons. The van der Waals surface area contributed by atoms with Crippen molar-refractivity contribution in [1.82, 2.24) is 0 Å². The van der Waals surface area contributed by atoms with Gasteiger partial charge < -0.3 is 4.74 Å². The summed E-state index contributed by atoms with van der Waals surface area (Å²) in [7, 11) is 1.68. The van der Waals surface area contributed by atoms with Crippen LogP contribution in [-0.2, 0) is 4.74 Å². The van der Waals surface area contributed by atoms with Crippen LogP contribution >= 0.6 is 0 Å². The fraction of sp³-hybridized carbons (Fsp3) is 0.583. The molecule has 72 valence electrons. The molecule has 0 aromatic carbocycles. The number of allylic oxidation sites excluding steroid dienone is 4. The summed E-state index contributed by atoms with van der Waals surface area (Å²) in [6, 6.07) is 2.34. The Morgan fingerprint density at radius 2 is 2.21 bits per heavy atom. The van der Waals surface area contributed by atoms with Crippen molar-refractivity contribution in [2.45, 2.75) is 12.8 Å². The van der Waals surface area contributed by atoms with Crippen molar-refractivity contribution in [1.29, 1.82) is 5.26 Å². The molecule has 2 nitrogen and oxygen atoms in total. The predicted octanol–water partition coefficient (Wildman–Crippen LogP) is 2.25. The molecule has 0 aromatic rings. The molecule has 1 fully saturated rings. The van der Waals surface area contributed by atoms with Gasteiger partial charge in [-0.3, -0.25) is 0 Å². The Bertz CT molecular complexity index is 374. The zero-order valence-electron chi connectivity index (χ0n) is 8.23. The normalized spacial score (nSPS) is 42.9. The zero-order valence-corrected chi connectivity index (χ0v) is 8.23. The van der Waals surface area contributed by atoms with E-state index in [4.69, 9.17) is 10.00 Å². The van der Waals surface area contributed by atoms with Crippen molar-refractivity contribution in [3.8, 4) is 6.07 Å². The Kier molecular flexibility index (Phi) is 1.53.